The summed E-state index contributed by atoms with van der Waals surface area (Å²) in [4.78, 5) is 2.35. The maximum atomic E-state index is 13.1. The van der Waals surface area contributed by atoms with Crippen LogP contribution in [-0.4, -0.2) is 53.3 Å². The Hall–Kier alpha value is -2.29. The van der Waals surface area contributed by atoms with Crippen molar-refractivity contribution in [2.45, 2.75) is 38.6 Å². The summed E-state index contributed by atoms with van der Waals surface area (Å²) in [5, 5.41) is 0. The monoisotopic (exact) mass is 450 g/mol. The Kier molecular flexibility index (Phi) is 9.61. The molecule has 1 unspecified atom stereocenters. The minimum absolute atomic E-state index is 0.131. The second-order valence-corrected chi connectivity index (χ2v) is 8.61. The standard InChI is InChI=1S/C23H34N2O5S/c1-6-25(7-2)21(18-11-10-12-19(15-18)28-5)17-24-31(26,27)20-13-14-22(29-8-3)23(16-20)30-9-4/h10-16,21,24H,6-9,17H2,1-5H3. The number of sulfonamides is 1. The number of methoxy groups -OCH3 is 1. The van der Waals surface area contributed by atoms with Crippen molar-refractivity contribution < 1.29 is 22.6 Å². The molecule has 0 heterocycles. The van der Waals surface area contributed by atoms with Crippen molar-refractivity contribution in [1.82, 2.24) is 9.62 Å². The number of hydrogen-bond donors (Lipinski definition) is 1. The third-order valence-electron chi connectivity index (χ3n) is 5.02. The molecule has 0 aromatic heterocycles. The Morgan fingerprint density at radius 3 is 2.23 bits per heavy atom. The van der Waals surface area contributed by atoms with E-state index in [1.807, 2.05) is 38.1 Å². The number of benzene rings is 2. The van der Waals surface area contributed by atoms with Gasteiger partial charge in [0.05, 0.1) is 25.2 Å². The van der Waals surface area contributed by atoms with E-state index in [1.165, 1.54) is 12.1 Å². The van der Waals surface area contributed by atoms with Crippen molar-refractivity contribution in [2.75, 3.05) is 40.0 Å². The van der Waals surface area contributed by atoms with Crippen molar-refractivity contribution in [3.63, 3.8) is 0 Å². The highest BCUT2D eigenvalue weighted by Gasteiger charge is 2.23. The highest BCUT2D eigenvalue weighted by atomic mass is 32.2. The predicted molar refractivity (Wildman–Crippen MR) is 123 cm³/mol. The molecule has 172 valence electrons. The summed E-state index contributed by atoms with van der Waals surface area (Å²) in [7, 11) is -2.12. The van der Waals surface area contributed by atoms with Crippen LogP contribution >= 0.6 is 0 Å². The molecular weight excluding hydrogens is 416 g/mol. The highest BCUT2D eigenvalue weighted by Crippen LogP contribution is 2.30. The van der Waals surface area contributed by atoms with Crippen LogP contribution in [0.15, 0.2) is 47.4 Å². The van der Waals surface area contributed by atoms with E-state index in [2.05, 4.69) is 23.5 Å². The molecule has 1 atom stereocenters. The van der Waals surface area contributed by atoms with Gasteiger partial charge in [-0.15, -0.1) is 0 Å². The van der Waals surface area contributed by atoms with E-state index in [0.29, 0.717) is 24.7 Å². The van der Waals surface area contributed by atoms with E-state index < -0.39 is 10.0 Å². The molecule has 0 aliphatic heterocycles. The van der Waals surface area contributed by atoms with Crippen LogP contribution in [0.3, 0.4) is 0 Å². The van der Waals surface area contributed by atoms with Crippen LogP contribution in [0.1, 0.15) is 39.3 Å². The lowest BCUT2D eigenvalue weighted by atomic mass is 10.0. The first-order valence-corrected chi connectivity index (χ1v) is 12.2. The minimum atomic E-state index is -3.74. The number of nitrogens with zero attached hydrogens (tertiary/aromatic N) is 1. The fourth-order valence-corrected chi connectivity index (χ4v) is 4.49. The third-order valence-corrected chi connectivity index (χ3v) is 6.44. The van der Waals surface area contributed by atoms with Crippen LogP contribution in [0.4, 0.5) is 0 Å². The molecule has 0 amide bonds. The van der Waals surface area contributed by atoms with Gasteiger partial charge >= 0.3 is 0 Å². The van der Waals surface area contributed by atoms with E-state index in [-0.39, 0.29) is 17.5 Å². The van der Waals surface area contributed by atoms with E-state index in [0.717, 1.165) is 24.4 Å². The summed E-state index contributed by atoms with van der Waals surface area (Å²) in [5.74, 6) is 1.69. The van der Waals surface area contributed by atoms with Crippen LogP contribution in [0.2, 0.25) is 0 Å². The van der Waals surface area contributed by atoms with E-state index in [1.54, 1.807) is 13.2 Å². The zero-order chi connectivity index (χ0) is 22.9. The van der Waals surface area contributed by atoms with Crippen molar-refractivity contribution in [3.8, 4) is 17.2 Å². The predicted octanol–water partition coefficient (Wildman–Crippen LogP) is 3.85. The van der Waals surface area contributed by atoms with Crippen molar-refractivity contribution in [2.24, 2.45) is 0 Å². The van der Waals surface area contributed by atoms with Crippen molar-refractivity contribution in [3.05, 3.63) is 48.0 Å². The first-order valence-electron chi connectivity index (χ1n) is 10.7. The van der Waals surface area contributed by atoms with Crippen LogP contribution < -0.4 is 18.9 Å². The maximum Gasteiger partial charge on any atom is 0.240 e. The first-order chi connectivity index (χ1) is 14.9. The van der Waals surface area contributed by atoms with Gasteiger partial charge < -0.3 is 14.2 Å². The summed E-state index contributed by atoms with van der Waals surface area (Å²) >= 11 is 0. The zero-order valence-corrected chi connectivity index (χ0v) is 19.9. The summed E-state index contributed by atoms with van der Waals surface area (Å²) in [6.07, 6.45) is 0. The Labute approximate surface area is 186 Å². The SMILES string of the molecule is CCOc1ccc(S(=O)(=O)NCC(c2cccc(OC)c2)N(CC)CC)cc1OCC. The second kappa shape index (κ2) is 11.9. The van der Waals surface area contributed by atoms with Gasteiger partial charge in [0.2, 0.25) is 10.0 Å². The molecule has 2 aromatic carbocycles. The van der Waals surface area contributed by atoms with Crippen molar-refractivity contribution >= 4 is 10.0 Å². The van der Waals surface area contributed by atoms with Crippen molar-refractivity contribution in [1.29, 1.82) is 0 Å². The van der Waals surface area contributed by atoms with Gasteiger partial charge in [-0.25, -0.2) is 13.1 Å². The molecule has 0 spiro atoms. The van der Waals surface area contributed by atoms with Crippen LogP contribution in [-0.2, 0) is 10.0 Å². The largest absolute Gasteiger partial charge is 0.497 e. The smallest absolute Gasteiger partial charge is 0.240 e. The Morgan fingerprint density at radius 1 is 0.935 bits per heavy atom. The summed E-state index contributed by atoms with van der Waals surface area (Å²) in [5.41, 5.74) is 0.993. The number of likely N-dealkylation sites (N-methyl/N-ethyl adjacent to an activating group) is 1. The molecule has 2 aromatic rings. The summed E-state index contributed by atoms with van der Waals surface area (Å²) in [6, 6.07) is 12.3. The van der Waals surface area contributed by atoms with Gasteiger partial charge in [-0.05, 0) is 56.8 Å². The molecule has 0 radical (unpaired) electrons. The number of ether oxygens (including phenoxy) is 3. The van der Waals surface area contributed by atoms with Gasteiger partial charge in [-0.3, -0.25) is 4.90 Å². The average molecular weight is 451 g/mol. The second-order valence-electron chi connectivity index (χ2n) is 6.84. The van der Waals surface area contributed by atoms with Gasteiger partial charge in [0.25, 0.3) is 0 Å². The molecule has 7 nitrogen and oxygen atoms in total. The molecule has 0 saturated heterocycles. The zero-order valence-electron chi connectivity index (χ0n) is 19.1. The minimum Gasteiger partial charge on any atom is -0.497 e. The normalized spacial score (nSPS) is 12.6. The van der Waals surface area contributed by atoms with Crippen LogP contribution in [0.25, 0.3) is 0 Å². The quantitative estimate of drug-likeness (QED) is 0.499. The maximum absolute atomic E-state index is 13.1. The topological polar surface area (TPSA) is 77.1 Å². The highest BCUT2D eigenvalue weighted by molar-refractivity contribution is 7.89. The Morgan fingerprint density at radius 2 is 1.61 bits per heavy atom. The number of hydrogen-bond acceptors (Lipinski definition) is 6. The van der Waals surface area contributed by atoms with Crippen LogP contribution in [0.5, 0.6) is 17.2 Å². The lowest BCUT2D eigenvalue weighted by Crippen LogP contribution is -2.38. The van der Waals surface area contributed by atoms with Gasteiger partial charge in [0.1, 0.15) is 5.75 Å². The molecule has 0 bridgehead atoms. The summed E-state index contributed by atoms with van der Waals surface area (Å²) in [6.45, 7) is 10.5. The molecule has 1 N–H and O–H groups in total. The average Bonchev–Trinajstić information content (AvgIpc) is 2.78. The number of rotatable bonds is 13. The first kappa shape index (κ1) is 25.0. The van der Waals surface area contributed by atoms with Gasteiger partial charge in [-0.2, -0.15) is 0 Å². The lowest BCUT2D eigenvalue weighted by molar-refractivity contribution is 0.219. The molecule has 8 heteroatoms. The lowest BCUT2D eigenvalue weighted by Gasteiger charge is -2.30. The van der Waals surface area contributed by atoms with E-state index >= 15 is 0 Å². The van der Waals surface area contributed by atoms with Gasteiger partial charge in [0, 0.05) is 18.7 Å². The Bertz CT molecular complexity index is 929. The molecule has 0 aliphatic rings. The Balaban J connectivity index is 2.29. The molecule has 0 saturated carbocycles. The fraction of sp³-hybridized carbons (Fsp3) is 0.478. The van der Waals surface area contributed by atoms with E-state index in [9.17, 15) is 8.42 Å². The van der Waals surface area contributed by atoms with Crippen LogP contribution in [0, 0.1) is 0 Å². The molecule has 0 fully saturated rings. The van der Waals surface area contributed by atoms with Gasteiger partial charge in [0.15, 0.2) is 11.5 Å². The molecular formula is C23H34N2O5S. The molecule has 31 heavy (non-hydrogen) atoms. The summed E-state index contributed by atoms with van der Waals surface area (Å²) < 4.78 is 45.4. The molecule has 2 rings (SSSR count). The number of nitrogens with one attached hydrogen (secondary N) is 1. The fourth-order valence-electron chi connectivity index (χ4n) is 3.44. The van der Waals surface area contributed by atoms with E-state index in [4.69, 9.17) is 14.2 Å². The van der Waals surface area contributed by atoms with Gasteiger partial charge in [-0.1, -0.05) is 26.0 Å². The molecule has 0 aliphatic carbocycles. The third kappa shape index (κ3) is 6.59.